The number of amides is 1. The molecule has 27 heavy (non-hydrogen) atoms. The fourth-order valence-electron chi connectivity index (χ4n) is 3.04. The van der Waals surface area contributed by atoms with E-state index in [-0.39, 0.29) is 16.0 Å². The maximum Gasteiger partial charge on any atom is 0.436 e. The minimum atomic E-state index is -4.65. The predicted molar refractivity (Wildman–Crippen MR) is 93.5 cm³/mol. The number of alkyl halides is 3. The molecule has 3 rings (SSSR count). The van der Waals surface area contributed by atoms with Gasteiger partial charge in [0.1, 0.15) is 11.5 Å². The number of halogens is 5. The first-order chi connectivity index (χ1) is 12.7. The van der Waals surface area contributed by atoms with Crippen LogP contribution in [0.2, 0.25) is 0 Å². The summed E-state index contributed by atoms with van der Waals surface area (Å²) in [5, 5.41) is 3.42. The lowest BCUT2D eigenvalue weighted by Gasteiger charge is -2.34. The third-order valence-electron chi connectivity index (χ3n) is 4.47. The van der Waals surface area contributed by atoms with Crippen molar-refractivity contribution < 1.29 is 22.4 Å². The first-order valence-corrected chi connectivity index (χ1v) is 9.02. The molecule has 0 saturated carbocycles. The number of benzene rings is 1. The largest absolute Gasteiger partial charge is 0.436 e. The van der Waals surface area contributed by atoms with Crippen LogP contribution in [-0.2, 0) is 19.8 Å². The summed E-state index contributed by atoms with van der Waals surface area (Å²) in [5.41, 5.74) is -0.683. The van der Waals surface area contributed by atoms with Crippen LogP contribution < -0.4 is 0 Å². The number of rotatable bonds is 3. The molecule has 2 heterocycles. The van der Waals surface area contributed by atoms with Crippen molar-refractivity contribution in [2.45, 2.75) is 12.7 Å². The number of piperazine rings is 1. The van der Waals surface area contributed by atoms with Gasteiger partial charge in [-0.15, -0.1) is 0 Å². The highest BCUT2D eigenvalue weighted by Crippen LogP contribution is 2.36. The number of carbonyl (C=O) groups is 1. The average Bonchev–Trinajstić information content (AvgIpc) is 2.92. The van der Waals surface area contributed by atoms with Gasteiger partial charge >= 0.3 is 6.18 Å². The number of hydrogen-bond donors (Lipinski definition) is 0. The number of aryl methyl sites for hydroxylation is 1. The summed E-state index contributed by atoms with van der Waals surface area (Å²) in [6, 6.07) is 6.48. The van der Waals surface area contributed by atoms with Crippen molar-refractivity contribution >= 4 is 21.8 Å². The van der Waals surface area contributed by atoms with E-state index in [9.17, 15) is 22.4 Å². The second-order valence-electron chi connectivity index (χ2n) is 6.29. The third-order valence-corrected chi connectivity index (χ3v) is 5.22. The summed E-state index contributed by atoms with van der Waals surface area (Å²) in [7, 11) is 1.31. The Morgan fingerprint density at radius 1 is 1.19 bits per heavy atom. The summed E-state index contributed by atoms with van der Waals surface area (Å²) >= 11 is 2.87. The first-order valence-electron chi connectivity index (χ1n) is 8.23. The van der Waals surface area contributed by atoms with Gasteiger partial charge in [-0.2, -0.15) is 18.3 Å². The summed E-state index contributed by atoms with van der Waals surface area (Å²) in [6.07, 6.45) is -4.65. The Bertz CT molecular complexity index is 844. The molecule has 1 aliphatic rings. The van der Waals surface area contributed by atoms with Crippen molar-refractivity contribution in [2.24, 2.45) is 7.05 Å². The van der Waals surface area contributed by atoms with Crippen LogP contribution in [0.15, 0.2) is 28.7 Å². The molecule has 0 bridgehead atoms. The fourth-order valence-corrected chi connectivity index (χ4v) is 3.77. The minimum absolute atomic E-state index is 0.134. The van der Waals surface area contributed by atoms with Crippen LogP contribution in [0.5, 0.6) is 0 Å². The van der Waals surface area contributed by atoms with Gasteiger partial charge in [0.2, 0.25) is 0 Å². The molecular weight excluding hydrogens is 432 g/mol. The fraction of sp³-hybridized carbons (Fsp3) is 0.412. The standard InChI is InChI=1S/C17H17BrF4N4O/c1-24-14(13(18)15(23-24)17(20,21)22)16(27)26-8-6-25(7-9-26)10-11-4-2-3-5-12(11)19/h2-5H,6-10H2,1H3. The molecule has 2 aromatic rings. The zero-order chi connectivity index (χ0) is 19.8. The molecule has 146 valence electrons. The van der Waals surface area contributed by atoms with Gasteiger partial charge in [0.15, 0.2) is 5.69 Å². The van der Waals surface area contributed by atoms with Crippen LogP contribution >= 0.6 is 15.9 Å². The van der Waals surface area contributed by atoms with Gasteiger partial charge < -0.3 is 4.90 Å². The molecule has 0 radical (unpaired) electrons. The van der Waals surface area contributed by atoms with E-state index < -0.39 is 17.8 Å². The Kier molecular flexibility index (Phi) is 5.57. The van der Waals surface area contributed by atoms with Crippen molar-refractivity contribution in [3.05, 3.63) is 51.5 Å². The molecular formula is C17H17BrF4N4O. The Morgan fingerprint density at radius 2 is 1.81 bits per heavy atom. The molecule has 5 nitrogen and oxygen atoms in total. The van der Waals surface area contributed by atoms with Crippen molar-refractivity contribution in [1.29, 1.82) is 0 Å². The molecule has 1 aromatic carbocycles. The van der Waals surface area contributed by atoms with Crippen LogP contribution in [0, 0.1) is 5.82 Å². The Balaban J connectivity index is 1.67. The third kappa shape index (κ3) is 4.16. The predicted octanol–water partition coefficient (Wildman–Crippen LogP) is 3.30. The maximum absolute atomic E-state index is 13.8. The number of hydrogen-bond acceptors (Lipinski definition) is 3. The van der Waals surface area contributed by atoms with Crippen LogP contribution in [0.25, 0.3) is 0 Å². The van der Waals surface area contributed by atoms with Crippen LogP contribution in [0.4, 0.5) is 17.6 Å². The van der Waals surface area contributed by atoms with E-state index in [1.54, 1.807) is 18.2 Å². The van der Waals surface area contributed by atoms with E-state index in [4.69, 9.17) is 0 Å². The molecule has 1 aromatic heterocycles. The van der Waals surface area contributed by atoms with Gasteiger partial charge in [-0.05, 0) is 22.0 Å². The summed E-state index contributed by atoms with van der Waals surface area (Å²) in [5.74, 6) is -0.799. The van der Waals surface area contributed by atoms with Gasteiger partial charge in [0.05, 0.1) is 4.47 Å². The van der Waals surface area contributed by atoms with Crippen LogP contribution in [0.3, 0.4) is 0 Å². The Morgan fingerprint density at radius 3 is 2.37 bits per heavy atom. The number of carbonyl (C=O) groups excluding carboxylic acids is 1. The topological polar surface area (TPSA) is 41.4 Å². The highest BCUT2D eigenvalue weighted by molar-refractivity contribution is 9.10. The van der Waals surface area contributed by atoms with E-state index >= 15 is 0 Å². The van der Waals surface area contributed by atoms with Gasteiger partial charge in [-0.1, -0.05) is 18.2 Å². The summed E-state index contributed by atoms with van der Waals surface area (Å²) in [4.78, 5) is 16.2. The van der Waals surface area contributed by atoms with Gasteiger partial charge in [0.25, 0.3) is 5.91 Å². The summed E-state index contributed by atoms with van der Waals surface area (Å²) in [6.45, 7) is 2.10. The van der Waals surface area contributed by atoms with E-state index in [1.807, 2.05) is 4.90 Å². The lowest BCUT2D eigenvalue weighted by Crippen LogP contribution is -2.48. The maximum atomic E-state index is 13.8. The van der Waals surface area contributed by atoms with Gasteiger partial charge in [-0.25, -0.2) is 4.39 Å². The molecule has 1 amide bonds. The quantitative estimate of drug-likeness (QED) is 0.676. The van der Waals surface area contributed by atoms with E-state index in [2.05, 4.69) is 21.0 Å². The Hall–Kier alpha value is -1.94. The van der Waals surface area contributed by atoms with E-state index in [1.165, 1.54) is 18.0 Å². The molecule has 1 saturated heterocycles. The molecule has 0 atom stereocenters. The van der Waals surface area contributed by atoms with Crippen molar-refractivity contribution in [3.8, 4) is 0 Å². The van der Waals surface area contributed by atoms with Crippen molar-refractivity contribution in [1.82, 2.24) is 19.6 Å². The summed E-state index contributed by atoms with van der Waals surface area (Å²) < 4.78 is 53.3. The molecule has 10 heteroatoms. The molecule has 0 aliphatic carbocycles. The number of aromatic nitrogens is 2. The second kappa shape index (κ2) is 7.59. The molecule has 0 spiro atoms. The smallest absolute Gasteiger partial charge is 0.335 e. The first kappa shape index (κ1) is 19.8. The second-order valence-corrected chi connectivity index (χ2v) is 7.09. The molecule has 1 fully saturated rings. The Labute approximate surface area is 161 Å². The lowest BCUT2D eigenvalue weighted by atomic mass is 10.2. The monoisotopic (exact) mass is 448 g/mol. The van der Waals surface area contributed by atoms with E-state index in [0.717, 1.165) is 4.68 Å². The average molecular weight is 449 g/mol. The zero-order valence-corrected chi connectivity index (χ0v) is 16.0. The molecule has 0 N–H and O–H groups in total. The van der Waals surface area contributed by atoms with Crippen LogP contribution in [-0.4, -0.2) is 51.7 Å². The van der Waals surface area contributed by atoms with Gasteiger partial charge in [0, 0.05) is 45.3 Å². The zero-order valence-electron chi connectivity index (χ0n) is 14.4. The SMILES string of the molecule is Cn1nc(C(F)(F)F)c(Br)c1C(=O)N1CCN(Cc2ccccc2F)CC1. The lowest BCUT2D eigenvalue weighted by molar-refractivity contribution is -0.142. The van der Waals surface area contributed by atoms with Crippen molar-refractivity contribution in [2.75, 3.05) is 26.2 Å². The van der Waals surface area contributed by atoms with Crippen molar-refractivity contribution in [3.63, 3.8) is 0 Å². The molecule has 0 unspecified atom stereocenters. The minimum Gasteiger partial charge on any atom is -0.335 e. The highest BCUT2D eigenvalue weighted by Gasteiger charge is 2.40. The highest BCUT2D eigenvalue weighted by atomic mass is 79.9. The van der Waals surface area contributed by atoms with Gasteiger partial charge in [-0.3, -0.25) is 14.4 Å². The normalized spacial score (nSPS) is 16.0. The molecule has 1 aliphatic heterocycles. The van der Waals surface area contributed by atoms with E-state index in [0.29, 0.717) is 38.3 Å². The number of nitrogens with zero attached hydrogens (tertiary/aromatic N) is 4. The van der Waals surface area contributed by atoms with Crippen LogP contribution in [0.1, 0.15) is 21.7 Å².